The number of carbonyl (C=O) groups is 2. The molecule has 0 fully saturated rings. The topological polar surface area (TPSA) is 67.9 Å². The molecule has 1 unspecified atom stereocenters. The summed E-state index contributed by atoms with van der Waals surface area (Å²) in [5, 5.41) is 3.03. The van der Waals surface area contributed by atoms with Crippen LogP contribution in [-0.4, -0.2) is 36.2 Å². The SMILES string of the molecule is CC(C)(C)OC(=O)N1CC(CCl)c2c1cc(OCc1ccccc1)c1cc(NC(=O)C(F)(F)F)ccc21. The number of alkyl halides is 4. The molecule has 1 aliphatic heterocycles. The van der Waals surface area contributed by atoms with Crippen LogP contribution in [-0.2, 0) is 16.1 Å². The second kappa shape index (κ2) is 10.1. The molecule has 0 bridgehead atoms. The fourth-order valence-corrected chi connectivity index (χ4v) is 4.47. The molecule has 1 N–H and O–H groups in total. The van der Waals surface area contributed by atoms with Gasteiger partial charge in [-0.25, -0.2) is 4.79 Å². The Morgan fingerprint density at radius 2 is 1.76 bits per heavy atom. The van der Waals surface area contributed by atoms with Gasteiger partial charge in [0, 0.05) is 35.5 Å². The monoisotopic (exact) mass is 534 g/mol. The molecule has 0 spiro atoms. The van der Waals surface area contributed by atoms with E-state index >= 15 is 0 Å². The molecule has 0 saturated heterocycles. The van der Waals surface area contributed by atoms with Crippen molar-refractivity contribution in [3.63, 3.8) is 0 Å². The summed E-state index contributed by atoms with van der Waals surface area (Å²) in [6.07, 6.45) is -5.57. The Morgan fingerprint density at radius 1 is 1.05 bits per heavy atom. The number of halogens is 4. The standard InChI is InChI=1S/C27H26ClF3N2O4/c1-26(2,3)37-25(35)33-14-17(13-28)23-19-10-9-18(32-24(34)27(29,30)31)11-20(19)22(12-21(23)33)36-15-16-7-5-4-6-8-16/h4-12,17H,13-15H2,1-3H3,(H,32,34). The first-order chi connectivity index (χ1) is 17.4. The number of anilines is 2. The molecule has 2 amide bonds. The van der Waals surface area contributed by atoms with Crippen LogP contribution in [0, 0.1) is 0 Å². The third kappa shape index (κ3) is 5.93. The van der Waals surface area contributed by atoms with E-state index in [0.29, 0.717) is 22.2 Å². The number of hydrogen-bond acceptors (Lipinski definition) is 4. The van der Waals surface area contributed by atoms with Gasteiger partial charge < -0.3 is 14.8 Å². The van der Waals surface area contributed by atoms with Crippen LogP contribution in [0.3, 0.4) is 0 Å². The number of nitrogens with one attached hydrogen (secondary N) is 1. The van der Waals surface area contributed by atoms with Gasteiger partial charge in [0.05, 0.1) is 5.69 Å². The second-order valence-corrected chi connectivity index (χ2v) is 10.0. The molecule has 6 nitrogen and oxygen atoms in total. The minimum atomic E-state index is -5.03. The van der Waals surface area contributed by atoms with E-state index in [4.69, 9.17) is 21.1 Å². The van der Waals surface area contributed by atoms with Crippen LogP contribution in [0.5, 0.6) is 5.75 Å². The summed E-state index contributed by atoms with van der Waals surface area (Å²) in [6.45, 7) is 5.77. The highest BCUT2D eigenvalue weighted by Gasteiger charge is 2.39. The third-order valence-corrected chi connectivity index (χ3v) is 6.15. The Hall–Kier alpha value is -3.46. The highest BCUT2D eigenvalue weighted by atomic mass is 35.5. The van der Waals surface area contributed by atoms with E-state index in [0.717, 1.165) is 11.1 Å². The van der Waals surface area contributed by atoms with Crippen molar-refractivity contribution in [1.29, 1.82) is 0 Å². The van der Waals surface area contributed by atoms with Crippen molar-refractivity contribution >= 4 is 45.7 Å². The Morgan fingerprint density at radius 3 is 2.38 bits per heavy atom. The summed E-state index contributed by atoms with van der Waals surface area (Å²) in [5.74, 6) is -1.78. The van der Waals surface area contributed by atoms with Gasteiger partial charge in [0.25, 0.3) is 0 Å². The predicted octanol–water partition coefficient (Wildman–Crippen LogP) is 7.00. The summed E-state index contributed by atoms with van der Waals surface area (Å²) >= 11 is 6.28. The lowest BCUT2D eigenvalue weighted by atomic mass is 9.95. The Kier molecular flexibility index (Phi) is 7.28. The Labute approximate surface area is 217 Å². The minimum absolute atomic E-state index is 0.0382. The fourth-order valence-electron chi connectivity index (χ4n) is 4.21. The van der Waals surface area contributed by atoms with Crippen molar-refractivity contribution in [3.8, 4) is 5.75 Å². The first-order valence-corrected chi connectivity index (χ1v) is 12.1. The summed E-state index contributed by atoms with van der Waals surface area (Å²) in [4.78, 5) is 26.1. The zero-order chi connectivity index (χ0) is 27.0. The summed E-state index contributed by atoms with van der Waals surface area (Å²) < 4.78 is 50.3. The number of ether oxygens (including phenoxy) is 2. The molecule has 10 heteroatoms. The zero-order valence-corrected chi connectivity index (χ0v) is 21.2. The minimum Gasteiger partial charge on any atom is -0.488 e. The highest BCUT2D eigenvalue weighted by molar-refractivity contribution is 6.19. The van der Waals surface area contributed by atoms with Crippen molar-refractivity contribution in [2.45, 2.75) is 45.1 Å². The molecule has 37 heavy (non-hydrogen) atoms. The normalized spacial score (nSPS) is 15.4. The molecular formula is C27H26ClF3N2O4. The van der Waals surface area contributed by atoms with Crippen LogP contribution in [0.2, 0.25) is 0 Å². The summed E-state index contributed by atoms with van der Waals surface area (Å²) in [5.41, 5.74) is 1.44. The average Bonchev–Trinajstić information content (AvgIpc) is 3.20. The van der Waals surface area contributed by atoms with Gasteiger partial charge in [0.1, 0.15) is 18.0 Å². The molecule has 0 aromatic heterocycles. The van der Waals surface area contributed by atoms with Crippen LogP contribution in [0.25, 0.3) is 10.8 Å². The molecule has 4 rings (SSSR count). The number of benzene rings is 3. The van der Waals surface area contributed by atoms with E-state index in [1.165, 1.54) is 17.0 Å². The zero-order valence-electron chi connectivity index (χ0n) is 20.5. The van der Waals surface area contributed by atoms with E-state index in [-0.39, 0.29) is 30.6 Å². The molecule has 1 heterocycles. The summed E-state index contributed by atoms with van der Waals surface area (Å²) in [6, 6.07) is 15.4. The van der Waals surface area contributed by atoms with Crippen LogP contribution in [0.15, 0.2) is 54.6 Å². The van der Waals surface area contributed by atoms with E-state index in [2.05, 4.69) is 0 Å². The average molecular weight is 535 g/mol. The Balaban J connectivity index is 1.82. The van der Waals surface area contributed by atoms with Crippen LogP contribution < -0.4 is 15.0 Å². The van der Waals surface area contributed by atoms with E-state index in [1.54, 1.807) is 32.9 Å². The van der Waals surface area contributed by atoms with Gasteiger partial charge in [-0.1, -0.05) is 36.4 Å². The summed E-state index contributed by atoms with van der Waals surface area (Å²) in [7, 11) is 0. The smallest absolute Gasteiger partial charge is 0.471 e. The number of carbonyl (C=O) groups excluding carboxylic acids is 2. The van der Waals surface area contributed by atoms with Gasteiger partial charge in [-0.05, 0) is 49.4 Å². The third-order valence-electron chi connectivity index (χ3n) is 5.77. The van der Waals surface area contributed by atoms with Gasteiger partial charge in [0.15, 0.2) is 0 Å². The molecular weight excluding hydrogens is 509 g/mol. The molecule has 0 radical (unpaired) electrons. The van der Waals surface area contributed by atoms with Crippen molar-refractivity contribution in [3.05, 3.63) is 65.7 Å². The second-order valence-electron chi connectivity index (χ2n) is 9.74. The van der Waals surface area contributed by atoms with Gasteiger partial charge in [-0.15, -0.1) is 11.6 Å². The van der Waals surface area contributed by atoms with Crippen LogP contribution in [0.1, 0.15) is 37.8 Å². The molecule has 1 atom stereocenters. The van der Waals surface area contributed by atoms with Crippen molar-refractivity contribution in [2.75, 3.05) is 22.6 Å². The van der Waals surface area contributed by atoms with Crippen LogP contribution in [0.4, 0.5) is 29.3 Å². The lowest BCUT2D eigenvalue weighted by molar-refractivity contribution is -0.167. The molecule has 3 aromatic carbocycles. The van der Waals surface area contributed by atoms with Crippen molar-refractivity contribution < 1.29 is 32.2 Å². The van der Waals surface area contributed by atoms with E-state index in [9.17, 15) is 22.8 Å². The maximum Gasteiger partial charge on any atom is 0.471 e. The molecule has 0 aliphatic carbocycles. The lowest BCUT2D eigenvalue weighted by Crippen LogP contribution is -2.36. The number of fused-ring (bicyclic) bond motifs is 3. The number of rotatable bonds is 5. The Bertz CT molecular complexity index is 1320. The van der Waals surface area contributed by atoms with Crippen molar-refractivity contribution in [1.82, 2.24) is 0 Å². The van der Waals surface area contributed by atoms with Gasteiger partial charge in [-0.3, -0.25) is 9.69 Å². The quantitative estimate of drug-likeness (QED) is 0.358. The van der Waals surface area contributed by atoms with Gasteiger partial charge >= 0.3 is 18.2 Å². The van der Waals surface area contributed by atoms with Crippen molar-refractivity contribution in [2.24, 2.45) is 0 Å². The molecule has 196 valence electrons. The van der Waals surface area contributed by atoms with Gasteiger partial charge in [0.2, 0.25) is 0 Å². The number of nitrogens with zero attached hydrogens (tertiary/aromatic N) is 1. The predicted molar refractivity (Wildman–Crippen MR) is 136 cm³/mol. The van der Waals surface area contributed by atoms with Crippen LogP contribution >= 0.6 is 11.6 Å². The maximum absolute atomic E-state index is 13.0. The maximum atomic E-state index is 13.0. The fraction of sp³-hybridized carbons (Fsp3) is 0.333. The van der Waals surface area contributed by atoms with E-state index < -0.39 is 23.8 Å². The van der Waals surface area contributed by atoms with E-state index in [1.807, 2.05) is 35.6 Å². The van der Waals surface area contributed by atoms with Gasteiger partial charge in [-0.2, -0.15) is 13.2 Å². The largest absolute Gasteiger partial charge is 0.488 e. The first kappa shape index (κ1) is 26.6. The lowest BCUT2D eigenvalue weighted by Gasteiger charge is -2.25. The molecule has 0 saturated carbocycles. The molecule has 1 aliphatic rings. The number of amides is 2. The highest BCUT2D eigenvalue weighted by Crippen LogP contribution is 2.46. The molecule has 3 aromatic rings. The first-order valence-electron chi connectivity index (χ1n) is 11.6. The number of hydrogen-bond donors (Lipinski definition) is 1.